The first kappa shape index (κ1) is 36.2. The highest BCUT2D eigenvalue weighted by molar-refractivity contribution is 7.92. The van der Waals surface area contributed by atoms with Crippen LogP contribution in [-0.2, 0) is 32.6 Å². The Kier molecular flexibility index (Phi) is 12.0. The molecule has 0 aliphatic rings. The van der Waals surface area contributed by atoms with Gasteiger partial charge in [0, 0.05) is 24.0 Å². The van der Waals surface area contributed by atoms with Crippen molar-refractivity contribution in [1.29, 1.82) is 0 Å². The van der Waals surface area contributed by atoms with Crippen LogP contribution in [0.15, 0.2) is 138 Å². The molecule has 50 heavy (non-hydrogen) atoms. The topological polar surface area (TPSA) is 96.0 Å². The highest BCUT2D eigenvalue weighted by atomic mass is 35.5. The number of carbonyl (C=O) groups is 2. The van der Waals surface area contributed by atoms with Crippen LogP contribution in [0.2, 0.25) is 5.02 Å². The number of hydrogen-bond acceptors (Lipinski definition) is 5. The lowest BCUT2D eigenvalue weighted by Gasteiger charge is -2.34. The van der Waals surface area contributed by atoms with Crippen molar-refractivity contribution in [3.05, 3.63) is 155 Å². The lowest BCUT2D eigenvalue weighted by molar-refractivity contribution is -0.140. The average molecular weight is 710 g/mol. The van der Waals surface area contributed by atoms with E-state index in [1.807, 2.05) is 87.5 Å². The summed E-state index contributed by atoms with van der Waals surface area (Å²) in [5.41, 5.74) is 2.69. The van der Waals surface area contributed by atoms with E-state index < -0.39 is 28.5 Å². The molecule has 8 nitrogen and oxygen atoms in total. The van der Waals surface area contributed by atoms with Crippen molar-refractivity contribution in [2.24, 2.45) is 0 Å². The minimum atomic E-state index is -4.25. The predicted octanol–water partition coefficient (Wildman–Crippen LogP) is 7.80. The fourth-order valence-corrected chi connectivity index (χ4v) is 7.06. The molecule has 0 aromatic heterocycles. The zero-order valence-corrected chi connectivity index (χ0v) is 29.8. The van der Waals surface area contributed by atoms with Crippen LogP contribution in [0.1, 0.15) is 30.5 Å². The molecule has 10 heteroatoms. The highest BCUT2D eigenvalue weighted by Crippen LogP contribution is 2.29. The number of halogens is 1. The third-order valence-electron chi connectivity index (χ3n) is 7.94. The second kappa shape index (κ2) is 16.5. The minimum absolute atomic E-state index is 0.0185. The molecule has 0 saturated heterocycles. The number of amides is 2. The van der Waals surface area contributed by atoms with E-state index in [9.17, 15) is 18.0 Å². The molecule has 1 atom stereocenters. The van der Waals surface area contributed by atoms with E-state index in [0.717, 1.165) is 15.4 Å². The smallest absolute Gasteiger partial charge is 0.264 e. The molecule has 5 aromatic carbocycles. The summed E-state index contributed by atoms with van der Waals surface area (Å²) in [6.07, 6.45) is 0.210. The van der Waals surface area contributed by atoms with E-state index in [4.69, 9.17) is 16.3 Å². The van der Waals surface area contributed by atoms with Crippen molar-refractivity contribution in [3.63, 3.8) is 0 Å². The molecule has 0 saturated carbocycles. The van der Waals surface area contributed by atoms with E-state index in [0.29, 0.717) is 22.1 Å². The monoisotopic (exact) mass is 709 g/mol. The Morgan fingerprint density at radius 1 is 0.760 bits per heavy atom. The summed E-state index contributed by atoms with van der Waals surface area (Å²) in [5.74, 6) is 0.204. The quantitative estimate of drug-likeness (QED) is 0.127. The molecule has 0 fully saturated rings. The number of sulfonamides is 1. The van der Waals surface area contributed by atoms with Crippen LogP contribution in [0, 0.1) is 6.92 Å². The van der Waals surface area contributed by atoms with Crippen LogP contribution in [0.5, 0.6) is 11.5 Å². The molecule has 258 valence electrons. The molecule has 5 rings (SSSR count). The number of ether oxygens (including phenoxy) is 1. The van der Waals surface area contributed by atoms with E-state index in [2.05, 4.69) is 5.32 Å². The molecule has 0 unspecified atom stereocenters. The van der Waals surface area contributed by atoms with Gasteiger partial charge in [-0.15, -0.1) is 0 Å². The Morgan fingerprint density at radius 2 is 1.36 bits per heavy atom. The molecule has 0 bridgehead atoms. The summed E-state index contributed by atoms with van der Waals surface area (Å²) < 4.78 is 35.7. The first-order valence-electron chi connectivity index (χ1n) is 16.3. The van der Waals surface area contributed by atoms with Gasteiger partial charge in [0.2, 0.25) is 11.8 Å². The third kappa shape index (κ3) is 9.52. The molecule has 0 aliphatic carbocycles. The van der Waals surface area contributed by atoms with Gasteiger partial charge in [-0.25, -0.2) is 8.42 Å². The Hall–Kier alpha value is -5.12. The van der Waals surface area contributed by atoms with Crippen molar-refractivity contribution >= 4 is 39.1 Å². The number of para-hydroxylation sites is 1. The first-order valence-corrected chi connectivity index (χ1v) is 18.1. The van der Waals surface area contributed by atoms with Crippen LogP contribution in [-0.4, -0.2) is 43.8 Å². The molecule has 5 aromatic rings. The van der Waals surface area contributed by atoms with Crippen molar-refractivity contribution in [1.82, 2.24) is 10.2 Å². The summed E-state index contributed by atoms with van der Waals surface area (Å²) in [6, 6.07) is 37.5. The maximum atomic E-state index is 14.7. The van der Waals surface area contributed by atoms with Crippen LogP contribution < -0.4 is 14.4 Å². The summed E-state index contributed by atoms with van der Waals surface area (Å²) in [4.78, 5) is 30.0. The number of nitrogens with one attached hydrogen (secondary N) is 1. The number of rotatable bonds is 14. The Morgan fingerprint density at radius 3 is 1.98 bits per heavy atom. The maximum Gasteiger partial charge on any atom is 0.264 e. The van der Waals surface area contributed by atoms with Crippen LogP contribution in [0.3, 0.4) is 0 Å². The summed E-state index contributed by atoms with van der Waals surface area (Å²) in [6.45, 7) is 5.01. The number of carbonyl (C=O) groups excluding carboxylic acids is 2. The number of aryl methyl sites for hydroxylation is 1. The lowest BCUT2D eigenvalue weighted by atomic mass is 10.0. The van der Waals surface area contributed by atoms with Crippen LogP contribution >= 0.6 is 11.6 Å². The molecular formula is C40H40ClN3O5S. The Bertz CT molecular complexity index is 1990. The number of benzene rings is 5. The fourth-order valence-electron chi connectivity index (χ4n) is 5.44. The normalized spacial score (nSPS) is 11.9. The van der Waals surface area contributed by atoms with Gasteiger partial charge in [-0.1, -0.05) is 90.0 Å². The Labute approximate surface area is 299 Å². The van der Waals surface area contributed by atoms with Gasteiger partial charge in [0.15, 0.2) is 0 Å². The third-order valence-corrected chi connectivity index (χ3v) is 9.96. The average Bonchev–Trinajstić information content (AvgIpc) is 3.10. The van der Waals surface area contributed by atoms with Gasteiger partial charge in [-0.2, -0.15) is 0 Å². The standard InChI is InChI=1S/C40H40ClN3O5S/c1-29(2)42-40(46)38(26-31-11-6-4-7-12-31)43(27-32-13-10-14-33(41)25-32)39(45)28-44(50(47,48)37-23-17-30(3)18-24-37)34-19-21-36(22-20-34)49-35-15-8-5-9-16-35/h4-25,29,38H,26-28H2,1-3H3,(H,42,46)/t38-/m0/s1. The predicted molar refractivity (Wildman–Crippen MR) is 198 cm³/mol. The van der Waals surface area contributed by atoms with Gasteiger partial charge in [0.05, 0.1) is 10.6 Å². The second-order valence-corrected chi connectivity index (χ2v) is 14.6. The SMILES string of the molecule is Cc1ccc(S(=O)(=O)N(CC(=O)N(Cc2cccc(Cl)c2)[C@@H](Cc2ccccc2)C(=O)NC(C)C)c2ccc(Oc3ccccc3)cc2)cc1. The van der Waals surface area contributed by atoms with Crippen LogP contribution in [0.25, 0.3) is 0 Å². The minimum Gasteiger partial charge on any atom is -0.457 e. The zero-order chi connectivity index (χ0) is 35.7. The summed E-state index contributed by atoms with van der Waals surface area (Å²) >= 11 is 6.34. The summed E-state index contributed by atoms with van der Waals surface area (Å²) in [5, 5.41) is 3.44. The molecule has 0 radical (unpaired) electrons. The van der Waals surface area contributed by atoms with Crippen LogP contribution in [0.4, 0.5) is 5.69 Å². The van der Waals surface area contributed by atoms with Gasteiger partial charge < -0.3 is 15.0 Å². The molecular weight excluding hydrogens is 670 g/mol. The fraction of sp³-hybridized carbons (Fsp3) is 0.200. The number of anilines is 1. The molecule has 0 heterocycles. The molecule has 2 amide bonds. The Balaban J connectivity index is 1.56. The van der Waals surface area contributed by atoms with E-state index >= 15 is 0 Å². The summed E-state index contributed by atoms with van der Waals surface area (Å²) in [7, 11) is -4.25. The van der Waals surface area contributed by atoms with Crippen molar-refractivity contribution in [2.75, 3.05) is 10.8 Å². The van der Waals surface area contributed by atoms with Gasteiger partial charge >= 0.3 is 0 Å². The van der Waals surface area contributed by atoms with Gasteiger partial charge in [0.25, 0.3) is 10.0 Å². The zero-order valence-electron chi connectivity index (χ0n) is 28.2. The van der Waals surface area contributed by atoms with Gasteiger partial charge in [0.1, 0.15) is 24.1 Å². The van der Waals surface area contributed by atoms with Gasteiger partial charge in [-0.3, -0.25) is 13.9 Å². The molecule has 0 aliphatic heterocycles. The number of hydrogen-bond donors (Lipinski definition) is 1. The van der Waals surface area contributed by atoms with Gasteiger partial charge in [-0.05, 0) is 92.6 Å². The van der Waals surface area contributed by atoms with Crippen molar-refractivity contribution in [3.8, 4) is 11.5 Å². The van der Waals surface area contributed by atoms with E-state index in [1.165, 1.54) is 17.0 Å². The second-order valence-electron chi connectivity index (χ2n) is 12.3. The lowest BCUT2D eigenvalue weighted by Crippen LogP contribution is -2.54. The van der Waals surface area contributed by atoms with E-state index in [1.54, 1.807) is 54.6 Å². The van der Waals surface area contributed by atoms with Crippen molar-refractivity contribution < 1.29 is 22.7 Å². The van der Waals surface area contributed by atoms with Crippen molar-refractivity contribution in [2.45, 2.75) is 50.7 Å². The maximum absolute atomic E-state index is 14.7. The highest BCUT2D eigenvalue weighted by Gasteiger charge is 2.35. The van der Waals surface area contributed by atoms with E-state index in [-0.39, 0.29) is 35.5 Å². The number of nitrogens with zero attached hydrogens (tertiary/aromatic N) is 2. The first-order chi connectivity index (χ1) is 24.0. The molecule has 0 spiro atoms. The largest absolute Gasteiger partial charge is 0.457 e. The molecule has 1 N–H and O–H groups in total.